The molecule has 1 fully saturated rings. The predicted octanol–water partition coefficient (Wildman–Crippen LogP) is 1.43. The van der Waals surface area contributed by atoms with Crippen LogP contribution in [-0.4, -0.2) is 59.7 Å². The Morgan fingerprint density at radius 3 is 2.85 bits per heavy atom. The average Bonchev–Trinajstić information content (AvgIpc) is 3.23. The van der Waals surface area contributed by atoms with Gasteiger partial charge in [0.25, 0.3) is 11.1 Å². The zero-order chi connectivity index (χ0) is 19.6. The van der Waals surface area contributed by atoms with Crippen LogP contribution in [0.1, 0.15) is 17.3 Å². The number of fused-ring (bicyclic) bond motifs is 1. The Kier molecular flexibility index (Phi) is 5.76. The fourth-order valence-corrected chi connectivity index (χ4v) is 3.42. The van der Waals surface area contributed by atoms with E-state index in [0.29, 0.717) is 11.5 Å². The van der Waals surface area contributed by atoms with Gasteiger partial charge in [0.05, 0.1) is 16.3 Å². The van der Waals surface area contributed by atoms with Crippen molar-refractivity contribution >= 4 is 46.4 Å². The molecule has 144 valence electrons. The van der Waals surface area contributed by atoms with E-state index in [1.807, 2.05) is 0 Å². The van der Waals surface area contributed by atoms with Crippen molar-refractivity contribution in [2.75, 3.05) is 25.6 Å². The van der Waals surface area contributed by atoms with E-state index < -0.39 is 18.0 Å². The van der Waals surface area contributed by atoms with Crippen molar-refractivity contribution in [3.63, 3.8) is 0 Å². The molecule has 1 atom stereocenters. The molecule has 2 aliphatic rings. The van der Waals surface area contributed by atoms with Gasteiger partial charge in [0.2, 0.25) is 12.7 Å². The molecule has 0 aromatic heterocycles. The molecule has 0 radical (unpaired) electrons. The lowest BCUT2D eigenvalue weighted by Crippen LogP contribution is -2.41. The molecule has 0 unspecified atom stereocenters. The molecule has 0 spiro atoms. The van der Waals surface area contributed by atoms with Crippen LogP contribution in [0.25, 0.3) is 0 Å². The van der Waals surface area contributed by atoms with Crippen molar-refractivity contribution in [3.05, 3.63) is 22.7 Å². The Hall–Kier alpha value is -2.46. The first kappa shape index (κ1) is 19.3. The van der Waals surface area contributed by atoms with Gasteiger partial charge in [0.1, 0.15) is 0 Å². The Balaban J connectivity index is 1.50. The number of carbonyl (C=O) groups excluding carboxylic acids is 4. The fourth-order valence-electron chi connectivity index (χ4n) is 2.40. The molecule has 1 aromatic carbocycles. The van der Waals surface area contributed by atoms with Crippen LogP contribution >= 0.6 is 23.4 Å². The van der Waals surface area contributed by atoms with Crippen LogP contribution < -0.4 is 14.8 Å². The maximum atomic E-state index is 12.2. The summed E-state index contributed by atoms with van der Waals surface area (Å²) in [6.07, 6.45) is -1.08. The van der Waals surface area contributed by atoms with Crippen LogP contribution in [0.2, 0.25) is 5.02 Å². The normalized spacial score (nSPS) is 16.4. The van der Waals surface area contributed by atoms with E-state index in [9.17, 15) is 19.2 Å². The number of imide groups is 1. The Bertz CT molecular complexity index is 800. The van der Waals surface area contributed by atoms with Gasteiger partial charge in [0, 0.05) is 13.1 Å². The van der Waals surface area contributed by atoms with Crippen molar-refractivity contribution in [2.45, 2.75) is 13.0 Å². The molecule has 1 N–H and O–H groups in total. The van der Waals surface area contributed by atoms with E-state index in [2.05, 4.69) is 5.32 Å². The lowest BCUT2D eigenvalue weighted by Gasteiger charge is -2.16. The number of thioether (sulfide) groups is 1. The number of hydrogen-bond acceptors (Lipinski definition) is 8. The molecule has 1 aromatic rings. The lowest BCUT2D eigenvalue weighted by molar-refractivity contribution is -0.130. The zero-order valence-corrected chi connectivity index (χ0v) is 15.7. The number of amides is 3. The number of benzene rings is 1. The molecule has 0 bridgehead atoms. The summed E-state index contributed by atoms with van der Waals surface area (Å²) in [7, 11) is 0. The van der Waals surface area contributed by atoms with Gasteiger partial charge in [-0.05, 0) is 19.1 Å². The second kappa shape index (κ2) is 8.05. The third-order valence-electron chi connectivity index (χ3n) is 3.79. The number of hydrogen-bond donors (Lipinski definition) is 1. The molecule has 27 heavy (non-hydrogen) atoms. The van der Waals surface area contributed by atoms with Gasteiger partial charge in [0.15, 0.2) is 17.6 Å². The molecule has 3 amide bonds. The van der Waals surface area contributed by atoms with E-state index >= 15 is 0 Å². The number of esters is 1. The molecule has 3 rings (SSSR count). The standard InChI is InChI=1S/C16H15ClN2O7S/c1-8(14(21)18-2-3-19-12(20)6-27-16(19)23)26-15(22)9-4-10(17)13-11(5-9)24-7-25-13/h4-5,8H,2-3,6-7H2,1H3,(H,18,21)/t8-/m0/s1. The molecular weight excluding hydrogens is 400 g/mol. The van der Waals surface area contributed by atoms with Crippen LogP contribution in [-0.2, 0) is 14.3 Å². The van der Waals surface area contributed by atoms with Crippen LogP contribution in [0.5, 0.6) is 11.5 Å². The van der Waals surface area contributed by atoms with E-state index in [-0.39, 0.29) is 47.4 Å². The van der Waals surface area contributed by atoms with Crippen LogP contribution in [0.3, 0.4) is 0 Å². The Morgan fingerprint density at radius 2 is 2.15 bits per heavy atom. The van der Waals surface area contributed by atoms with Crippen molar-refractivity contribution in [1.82, 2.24) is 10.2 Å². The van der Waals surface area contributed by atoms with Crippen molar-refractivity contribution in [3.8, 4) is 11.5 Å². The minimum absolute atomic E-state index is 0.00684. The van der Waals surface area contributed by atoms with Gasteiger partial charge in [-0.15, -0.1) is 0 Å². The lowest BCUT2D eigenvalue weighted by atomic mass is 10.2. The molecule has 11 heteroatoms. The predicted molar refractivity (Wildman–Crippen MR) is 95.0 cm³/mol. The summed E-state index contributed by atoms with van der Waals surface area (Å²) in [6.45, 7) is 1.54. The second-order valence-corrected chi connectivity index (χ2v) is 6.96. The van der Waals surface area contributed by atoms with Gasteiger partial charge in [-0.2, -0.15) is 0 Å². The van der Waals surface area contributed by atoms with Crippen LogP contribution in [0, 0.1) is 0 Å². The molecule has 2 heterocycles. The van der Waals surface area contributed by atoms with Gasteiger partial charge in [-0.25, -0.2) is 4.79 Å². The van der Waals surface area contributed by atoms with Gasteiger partial charge in [-0.3, -0.25) is 19.3 Å². The van der Waals surface area contributed by atoms with Crippen molar-refractivity contribution in [1.29, 1.82) is 0 Å². The Labute approximate surface area is 163 Å². The molecule has 2 aliphatic heterocycles. The Morgan fingerprint density at radius 1 is 1.37 bits per heavy atom. The highest BCUT2D eigenvalue weighted by molar-refractivity contribution is 8.14. The summed E-state index contributed by atoms with van der Waals surface area (Å²) in [5, 5.41) is 2.38. The van der Waals surface area contributed by atoms with E-state index in [0.717, 1.165) is 16.7 Å². The quantitative estimate of drug-likeness (QED) is 0.696. The summed E-state index contributed by atoms with van der Waals surface area (Å²) >= 11 is 6.94. The number of nitrogens with zero attached hydrogens (tertiary/aromatic N) is 1. The summed E-state index contributed by atoms with van der Waals surface area (Å²) in [5.74, 6) is -0.814. The minimum atomic E-state index is -1.08. The number of nitrogens with one attached hydrogen (secondary N) is 1. The van der Waals surface area contributed by atoms with E-state index in [4.69, 9.17) is 25.8 Å². The second-order valence-electron chi connectivity index (χ2n) is 5.63. The zero-order valence-electron chi connectivity index (χ0n) is 14.2. The minimum Gasteiger partial charge on any atom is -0.454 e. The monoisotopic (exact) mass is 414 g/mol. The summed E-state index contributed by atoms with van der Waals surface area (Å²) in [4.78, 5) is 48.3. The SMILES string of the molecule is C[C@H](OC(=O)c1cc(Cl)c2c(c1)OCO2)C(=O)NCCN1C(=O)CSC1=O. The maximum absolute atomic E-state index is 12.2. The topological polar surface area (TPSA) is 111 Å². The van der Waals surface area contributed by atoms with Crippen molar-refractivity contribution in [2.24, 2.45) is 0 Å². The third kappa shape index (κ3) is 4.28. The summed E-state index contributed by atoms with van der Waals surface area (Å²) in [6, 6.07) is 2.79. The van der Waals surface area contributed by atoms with Crippen LogP contribution in [0.4, 0.5) is 4.79 Å². The number of rotatable bonds is 6. The maximum Gasteiger partial charge on any atom is 0.339 e. The first-order valence-corrected chi connectivity index (χ1v) is 9.28. The highest BCUT2D eigenvalue weighted by atomic mass is 35.5. The van der Waals surface area contributed by atoms with E-state index in [1.165, 1.54) is 19.1 Å². The average molecular weight is 415 g/mol. The number of ether oxygens (including phenoxy) is 3. The first-order valence-electron chi connectivity index (χ1n) is 7.91. The fraction of sp³-hybridized carbons (Fsp3) is 0.375. The number of carbonyl (C=O) groups is 4. The van der Waals surface area contributed by atoms with Crippen molar-refractivity contribution < 1.29 is 33.4 Å². The smallest absolute Gasteiger partial charge is 0.339 e. The summed E-state index contributed by atoms with van der Waals surface area (Å²) in [5.41, 5.74) is 0.120. The summed E-state index contributed by atoms with van der Waals surface area (Å²) < 4.78 is 15.5. The van der Waals surface area contributed by atoms with Gasteiger partial charge in [-0.1, -0.05) is 23.4 Å². The number of halogens is 1. The van der Waals surface area contributed by atoms with Gasteiger partial charge >= 0.3 is 5.97 Å². The molecule has 0 aliphatic carbocycles. The third-order valence-corrected chi connectivity index (χ3v) is 4.93. The first-order chi connectivity index (χ1) is 12.9. The molecular formula is C16H15ClN2O7S. The largest absolute Gasteiger partial charge is 0.454 e. The molecule has 9 nitrogen and oxygen atoms in total. The van der Waals surface area contributed by atoms with E-state index in [1.54, 1.807) is 0 Å². The van der Waals surface area contributed by atoms with Gasteiger partial charge < -0.3 is 19.5 Å². The highest BCUT2D eigenvalue weighted by Gasteiger charge is 2.29. The molecule has 1 saturated heterocycles. The highest BCUT2D eigenvalue weighted by Crippen LogP contribution is 2.39. The molecule has 0 saturated carbocycles. The van der Waals surface area contributed by atoms with Crippen LogP contribution in [0.15, 0.2) is 12.1 Å².